The molecule has 2 radical (unpaired) electrons. The van der Waals surface area contributed by atoms with Crippen molar-refractivity contribution < 1.29 is 26.2 Å². The molecule has 222 valence electrons. The molecule has 46 heavy (non-hydrogen) atoms. The second kappa shape index (κ2) is 21.2. The molecule has 0 aliphatic rings. The van der Waals surface area contributed by atoms with E-state index >= 15 is 0 Å². The monoisotopic (exact) mass is 684 g/mol. The van der Waals surface area contributed by atoms with Gasteiger partial charge in [0.25, 0.3) is 0 Å². The van der Waals surface area contributed by atoms with Gasteiger partial charge in [-0.25, -0.2) is 0 Å². The summed E-state index contributed by atoms with van der Waals surface area (Å²) < 4.78 is 0. The standard InChI is InChI=1S/C12H10Si.2C9H7.2C7H7.Zr/c1-3-7-11(8-4-1)13-12-9-5-2-6-10-12;2*1-2-5-9-7-3-6-8(9)4-1;2*1-7-5-3-2-4-6-7;/h1-10H;2*1-7H;2*2-6H,1H2;/q;4*-1;+4. The zero-order chi connectivity index (χ0) is 31.4. The Morgan fingerprint density at radius 3 is 0.957 bits per heavy atom. The molecule has 0 bridgehead atoms. The van der Waals surface area contributed by atoms with Crippen molar-refractivity contribution in [2.75, 3.05) is 0 Å². The van der Waals surface area contributed by atoms with Crippen LogP contribution < -0.4 is 10.4 Å². The number of hydrogen-bond donors (Lipinski definition) is 0. The van der Waals surface area contributed by atoms with Crippen LogP contribution in [0.5, 0.6) is 0 Å². The molecule has 0 aromatic heterocycles. The minimum Gasteiger partial charge on any atom is -0.199 e. The predicted molar refractivity (Wildman–Crippen MR) is 199 cm³/mol. The molecule has 0 saturated heterocycles. The van der Waals surface area contributed by atoms with Gasteiger partial charge in [0.2, 0.25) is 0 Å². The molecule has 0 aliphatic carbocycles. The fraction of sp³-hybridized carbons (Fsp3) is 0. The second-order valence-electron chi connectivity index (χ2n) is 10.1. The van der Waals surface area contributed by atoms with E-state index in [0.717, 1.165) is 20.6 Å². The largest absolute Gasteiger partial charge is 4.00 e. The van der Waals surface area contributed by atoms with E-state index in [9.17, 15) is 0 Å². The van der Waals surface area contributed by atoms with Crippen LogP contribution in [-0.4, -0.2) is 9.52 Å². The second-order valence-corrected chi connectivity index (χ2v) is 11.5. The van der Waals surface area contributed by atoms with Gasteiger partial charge >= 0.3 is 26.2 Å². The van der Waals surface area contributed by atoms with Crippen molar-refractivity contribution in [3.63, 3.8) is 0 Å². The van der Waals surface area contributed by atoms with Gasteiger partial charge in [-0.3, -0.25) is 0 Å². The Balaban J connectivity index is 0.000000159. The molecule has 0 nitrogen and oxygen atoms in total. The summed E-state index contributed by atoms with van der Waals surface area (Å²) in [7, 11) is 0.777. The van der Waals surface area contributed by atoms with Crippen molar-refractivity contribution >= 4 is 41.4 Å². The summed E-state index contributed by atoms with van der Waals surface area (Å²) in [6.07, 6.45) is 0. The number of fused-ring (bicyclic) bond motifs is 2. The van der Waals surface area contributed by atoms with Gasteiger partial charge in [0.1, 0.15) is 9.52 Å². The third-order valence-electron chi connectivity index (χ3n) is 6.62. The summed E-state index contributed by atoms with van der Waals surface area (Å²) in [5.41, 5.74) is 2.14. The van der Waals surface area contributed by atoms with Crippen LogP contribution in [-0.2, 0) is 26.2 Å². The Morgan fingerprint density at radius 1 is 0.348 bits per heavy atom. The first-order chi connectivity index (χ1) is 22.2. The van der Waals surface area contributed by atoms with E-state index in [4.69, 9.17) is 0 Å². The van der Waals surface area contributed by atoms with E-state index < -0.39 is 0 Å². The first-order valence-electron chi connectivity index (χ1n) is 15.0. The van der Waals surface area contributed by atoms with Crippen LogP contribution in [0.2, 0.25) is 0 Å². The zero-order valence-corrected chi connectivity index (χ0v) is 29.5. The molecule has 0 saturated carbocycles. The van der Waals surface area contributed by atoms with E-state index in [2.05, 4.69) is 159 Å². The summed E-state index contributed by atoms with van der Waals surface area (Å²) in [6.45, 7) is 7.44. The van der Waals surface area contributed by atoms with Gasteiger partial charge < -0.3 is 0 Å². The predicted octanol–water partition coefficient (Wildman–Crippen LogP) is 10.2. The van der Waals surface area contributed by atoms with Crippen molar-refractivity contribution in [1.82, 2.24) is 0 Å². The first kappa shape index (κ1) is 35.9. The van der Waals surface area contributed by atoms with Crippen LogP contribution in [0.25, 0.3) is 21.5 Å². The van der Waals surface area contributed by atoms with E-state index in [1.165, 1.54) is 31.9 Å². The van der Waals surface area contributed by atoms with Crippen molar-refractivity contribution in [2.24, 2.45) is 0 Å². The molecule has 8 aromatic carbocycles. The maximum absolute atomic E-state index is 3.72. The third kappa shape index (κ3) is 13.6. The Kier molecular flexibility index (Phi) is 16.5. The molecule has 0 heterocycles. The maximum atomic E-state index is 3.72. The third-order valence-corrected chi connectivity index (χ3v) is 7.86. The van der Waals surface area contributed by atoms with Gasteiger partial charge in [0.15, 0.2) is 0 Å². The topological polar surface area (TPSA) is 0 Å². The summed E-state index contributed by atoms with van der Waals surface area (Å²) in [4.78, 5) is 0. The molecule has 2 heteroatoms. The average Bonchev–Trinajstić information content (AvgIpc) is 3.78. The molecule has 0 spiro atoms. The molecule has 0 aliphatic heterocycles. The van der Waals surface area contributed by atoms with Gasteiger partial charge in [-0.05, 0) is 0 Å². The van der Waals surface area contributed by atoms with Crippen molar-refractivity contribution in [3.05, 3.63) is 231 Å². The van der Waals surface area contributed by atoms with Gasteiger partial charge in [-0.1, -0.05) is 95.3 Å². The van der Waals surface area contributed by atoms with Crippen LogP contribution in [0.15, 0.2) is 206 Å². The summed E-state index contributed by atoms with van der Waals surface area (Å²) >= 11 is 0. The molecular formula is C44H38SiZr. The van der Waals surface area contributed by atoms with Crippen molar-refractivity contribution in [1.29, 1.82) is 0 Å². The van der Waals surface area contributed by atoms with E-state index in [1.54, 1.807) is 0 Å². The van der Waals surface area contributed by atoms with E-state index in [0.29, 0.717) is 0 Å². The summed E-state index contributed by atoms with van der Waals surface area (Å²) in [5.74, 6) is 0. The van der Waals surface area contributed by atoms with Crippen LogP contribution in [0.1, 0.15) is 11.1 Å². The van der Waals surface area contributed by atoms with E-state index in [1.807, 2.05) is 60.7 Å². The number of hydrogen-bond acceptors (Lipinski definition) is 0. The van der Waals surface area contributed by atoms with Crippen molar-refractivity contribution in [2.45, 2.75) is 0 Å². The Hall–Kier alpha value is -4.62. The first-order valence-corrected chi connectivity index (χ1v) is 16.0. The molecular weight excluding hydrogens is 648 g/mol. The minimum atomic E-state index is 0. The Morgan fingerprint density at radius 2 is 0.652 bits per heavy atom. The molecule has 0 fully saturated rings. The van der Waals surface area contributed by atoms with Crippen LogP contribution >= 0.6 is 0 Å². The quantitative estimate of drug-likeness (QED) is 0.126. The fourth-order valence-electron chi connectivity index (χ4n) is 4.31. The Bertz CT molecular complexity index is 1670. The average molecular weight is 686 g/mol. The normalized spacial score (nSPS) is 9.39. The molecule has 0 unspecified atom stereocenters. The summed E-state index contributed by atoms with van der Waals surface area (Å²) in [5, 5.41) is 8.12. The van der Waals surface area contributed by atoms with E-state index in [-0.39, 0.29) is 26.2 Å². The molecule has 0 N–H and O–H groups in total. The van der Waals surface area contributed by atoms with Crippen LogP contribution in [0.4, 0.5) is 0 Å². The molecule has 8 aromatic rings. The number of rotatable bonds is 2. The zero-order valence-electron chi connectivity index (χ0n) is 26.0. The van der Waals surface area contributed by atoms with Gasteiger partial charge in [0, 0.05) is 0 Å². The van der Waals surface area contributed by atoms with Gasteiger partial charge in [-0.2, -0.15) is 84.3 Å². The number of benzene rings is 6. The summed E-state index contributed by atoms with van der Waals surface area (Å²) in [6, 6.07) is 70.2. The van der Waals surface area contributed by atoms with Gasteiger partial charge in [0.05, 0.1) is 0 Å². The Labute approximate surface area is 297 Å². The molecule has 0 amide bonds. The van der Waals surface area contributed by atoms with Crippen LogP contribution in [0, 0.1) is 13.8 Å². The maximum Gasteiger partial charge on any atom is 4.00 e. The fourth-order valence-corrected chi connectivity index (χ4v) is 5.36. The molecule has 8 rings (SSSR count). The smallest absolute Gasteiger partial charge is 0.199 e. The van der Waals surface area contributed by atoms with Gasteiger partial charge in [-0.15, -0.1) is 83.6 Å². The van der Waals surface area contributed by atoms with Crippen LogP contribution in [0.3, 0.4) is 0 Å². The molecule has 0 atom stereocenters. The SMILES string of the molecule is [CH2-]c1ccccc1.[CH2-]c1ccccc1.[Zr+4].c1ccc([Si]c2ccccc2)cc1.c1ccc2[cH-]ccc2c1.c1ccc2[cH-]ccc2c1. The van der Waals surface area contributed by atoms with Crippen molar-refractivity contribution in [3.8, 4) is 0 Å². The minimum absolute atomic E-state index is 0.